The van der Waals surface area contributed by atoms with Gasteiger partial charge in [0.25, 0.3) is 0 Å². The third-order valence-electron chi connectivity index (χ3n) is 8.81. The summed E-state index contributed by atoms with van der Waals surface area (Å²) in [4.78, 5) is 95.1. The number of esters is 8. The zero-order valence-corrected chi connectivity index (χ0v) is 38.5. The van der Waals surface area contributed by atoms with Crippen LogP contribution in [0.15, 0.2) is 18.2 Å². The summed E-state index contributed by atoms with van der Waals surface area (Å²) in [6.07, 6.45) is -13.2. The molecule has 2 N–H and O–H groups in total. The number of carbonyl (C=O) groups excluding carboxylic acids is 8. The molecule has 0 bridgehead atoms. The largest absolute Gasteiger partial charge is 0.491 e. The number of hydrogen-bond acceptors (Lipinski definition) is 25. The fourth-order valence-corrected chi connectivity index (χ4v) is 6.49. The molecule has 0 spiro atoms. The number of benzene rings is 1. The smallest absolute Gasteiger partial charge is 0.303 e. The van der Waals surface area contributed by atoms with Crippen molar-refractivity contribution in [2.24, 2.45) is 0 Å². The lowest BCUT2D eigenvalue weighted by Crippen LogP contribution is -2.63. The van der Waals surface area contributed by atoms with Crippen LogP contribution < -0.4 is 15.2 Å². The molecule has 1 aromatic rings. The standard InChI is InChI=1S/C42H59NO24/c1-22(44)58-20-33-35(60-24(3)46)37(62-26(5)48)39(64-28(7)50)41(66-33)56-15-11-52-9-13-54-31-17-30(43)18-32(19-31)55-14-10-53-12-16-57-42-40(65-29(8)51)38(63-27(6)49)36(61-25(4)47)34(67-42)21-59-23(2)45/h17-19,33-42H,9-16,20-21,43H2,1-8H3/t33-,34-,35-,36-,37+,38+,39-,40-,41-,42-/m1/s1. The Labute approximate surface area is 385 Å². The molecule has 3 rings (SSSR count). The molecule has 2 fully saturated rings. The van der Waals surface area contributed by atoms with Gasteiger partial charge < -0.3 is 81.5 Å². The number of ether oxygens (including phenoxy) is 16. The van der Waals surface area contributed by atoms with Crippen LogP contribution in [-0.2, 0) is 105 Å². The van der Waals surface area contributed by atoms with E-state index in [0.29, 0.717) is 17.2 Å². The summed E-state index contributed by atoms with van der Waals surface area (Å²) in [5, 5.41) is 0. The van der Waals surface area contributed by atoms with Gasteiger partial charge in [0.2, 0.25) is 0 Å². The molecule has 2 saturated heterocycles. The molecule has 2 aliphatic heterocycles. The average molecular weight is 962 g/mol. The van der Waals surface area contributed by atoms with Crippen LogP contribution in [0.3, 0.4) is 0 Å². The molecule has 1 aromatic carbocycles. The van der Waals surface area contributed by atoms with Gasteiger partial charge in [-0.15, -0.1) is 0 Å². The Morgan fingerprint density at radius 2 is 0.731 bits per heavy atom. The summed E-state index contributed by atoms with van der Waals surface area (Å²) in [6, 6.07) is 4.74. The molecular formula is C42H59NO24. The minimum absolute atomic E-state index is 0.00500. The van der Waals surface area contributed by atoms with Gasteiger partial charge in [0.1, 0.15) is 50.1 Å². The summed E-state index contributed by atoms with van der Waals surface area (Å²) in [5.41, 5.74) is 6.39. The molecule has 0 aromatic heterocycles. The average Bonchev–Trinajstić information content (AvgIpc) is 3.21. The fraction of sp³-hybridized carbons (Fsp3) is 0.667. The van der Waals surface area contributed by atoms with Crippen LogP contribution in [0.5, 0.6) is 11.5 Å². The molecule has 25 nitrogen and oxygen atoms in total. The summed E-state index contributed by atoms with van der Waals surface area (Å²) in [6.45, 7) is 8.26. The molecule has 0 unspecified atom stereocenters. The van der Waals surface area contributed by atoms with Gasteiger partial charge in [-0.3, -0.25) is 38.4 Å². The first-order chi connectivity index (χ1) is 31.7. The Morgan fingerprint density at radius 3 is 1.06 bits per heavy atom. The molecule has 0 saturated carbocycles. The van der Waals surface area contributed by atoms with Gasteiger partial charge in [-0.1, -0.05) is 0 Å². The van der Waals surface area contributed by atoms with Crippen molar-refractivity contribution in [3.8, 4) is 11.5 Å². The maximum Gasteiger partial charge on any atom is 0.303 e. The predicted octanol–water partition coefficient (Wildman–Crippen LogP) is 0.259. The van der Waals surface area contributed by atoms with E-state index in [0.717, 1.165) is 55.4 Å². The van der Waals surface area contributed by atoms with E-state index in [9.17, 15) is 38.4 Å². The van der Waals surface area contributed by atoms with E-state index in [4.69, 9.17) is 81.5 Å². The number of nitrogens with two attached hydrogens (primary N) is 1. The van der Waals surface area contributed by atoms with Gasteiger partial charge in [0, 0.05) is 79.3 Å². The Bertz CT molecular complexity index is 1700. The normalized spacial score (nSPS) is 24.5. The van der Waals surface area contributed by atoms with Gasteiger partial charge in [-0.05, 0) is 0 Å². The monoisotopic (exact) mass is 961 g/mol. The Kier molecular flexibility index (Phi) is 23.5. The topological polar surface area (TPSA) is 310 Å². The van der Waals surface area contributed by atoms with Gasteiger partial charge >= 0.3 is 47.8 Å². The highest BCUT2D eigenvalue weighted by Crippen LogP contribution is 2.32. The first-order valence-electron chi connectivity index (χ1n) is 20.9. The van der Waals surface area contributed by atoms with Crippen molar-refractivity contribution in [3.63, 3.8) is 0 Å². The highest BCUT2D eigenvalue weighted by Gasteiger charge is 2.54. The minimum atomic E-state index is -1.38. The van der Waals surface area contributed by atoms with Gasteiger partial charge in [-0.25, -0.2) is 0 Å². The second-order valence-electron chi connectivity index (χ2n) is 14.5. The predicted molar refractivity (Wildman–Crippen MR) is 219 cm³/mol. The van der Waals surface area contributed by atoms with Gasteiger partial charge in [0.05, 0.1) is 39.6 Å². The number of nitrogen functional groups attached to an aromatic ring is 1. The first kappa shape index (κ1) is 55.5. The molecule has 376 valence electrons. The molecule has 0 radical (unpaired) electrons. The van der Waals surface area contributed by atoms with Crippen molar-refractivity contribution in [2.45, 2.75) is 117 Å². The quantitative estimate of drug-likeness (QED) is 0.0563. The lowest BCUT2D eigenvalue weighted by molar-refractivity contribution is -0.309. The SMILES string of the molecule is CC(=O)OC[C@H]1O[C@@H](OCCOCCOc2cc(N)cc(OCCOCCO[C@@H]3O[C@H](COC(C)=O)[C@@H](OC(C)=O)[C@H](OC(C)=O)[C@H]3OC(C)=O)c2)[C@H](OC(C)=O)[C@@H](OC(C)=O)[C@@H]1OC(C)=O. The molecular weight excluding hydrogens is 902 g/mol. The van der Waals surface area contributed by atoms with Gasteiger partial charge in [-0.2, -0.15) is 0 Å². The van der Waals surface area contributed by atoms with Gasteiger partial charge in [0.15, 0.2) is 49.2 Å². The van der Waals surface area contributed by atoms with E-state index in [-0.39, 0.29) is 52.9 Å². The number of hydrogen-bond donors (Lipinski definition) is 1. The Balaban J connectivity index is 1.48. The third-order valence-corrected chi connectivity index (χ3v) is 8.81. The van der Waals surface area contributed by atoms with Crippen molar-refractivity contribution < 1.29 is 114 Å². The van der Waals surface area contributed by atoms with Crippen molar-refractivity contribution in [3.05, 3.63) is 18.2 Å². The number of anilines is 1. The molecule has 0 amide bonds. The number of rotatable bonds is 26. The Hall–Kier alpha value is -5.86. The van der Waals surface area contributed by atoms with E-state index in [2.05, 4.69) is 0 Å². The van der Waals surface area contributed by atoms with E-state index in [1.165, 1.54) is 0 Å². The molecule has 67 heavy (non-hydrogen) atoms. The summed E-state index contributed by atoms with van der Waals surface area (Å²) >= 11 is 0. The zero-order chi connectivity index (χ0) is 49.6. The molecule has 10 atom stereocenters. The second kappa shape index (κ2) is 28.3. The van der Waals surface area contributed by atoms with Crippen LogP contribution >= 0.6 is 0 Å². The van der Waals surface area contributed by atoms with Crippen molar-refractivity contribution >= 4 is 53.4 Å². The van der Waals surface area contributed by atoms with Crippen LogP contribution in [-0.4, -0.2) is 175 Å². The van der Waals surface area contributed by atoms with Crippen LogP contribution in [0.2, 0.25) is 0 Å². The van der Waals surface area contributed by atoms with Crippen molar-refractivity contribution in [2.75, 3.05) is 71.8 Å². The van der Waals surface area contributed by atoms with Crippen molar-refractivity contribution in [1.29, 1.82) is 0 Å². The zero-order valence-electron chi connectivity index (χ0n) is 38.5. The van der Waals surface area contributed by atoms with E-state index in [1.54, 1.807) is 18.2 Å². The fourth-order valence-electron chi connectivity index (χ4n) is 6.49. The highest BCUT2D eigenvalue weighted by molar-refractivity contribution is 5.70. The van der Waals surface area contributed by atoms with E-state index in [1.807, 2.05) is 0 Å². The minimum Gasteiger partial charge on any atom is -0.491 e. The van der Waals surface area contributed by atoms with E-state index >= 15 is 0 Å². The second-order valence-corrected chi connectivity index (χ2v) is 14.5. The van der Waals surface area contributed by atoms with Crippen LogP contribution in [0, 0.1) is 0 Å². The highest BCUT2D eigenvalue weighted by atomic mass is 16.8. The summed E-state index contributed by atoms with van der Waals surface area (Å²) in [7, 11) is 0. The van der Waals surface area contributed by atoms with Crippen LogP contribution in [0.1, 0.15) is 55.4 Å². The molecule has 25 heteroatoms. The maximum atomic E-state index is 12.0. The lowest BCUT2D eigenvalue weighted by Gasteiger charge is -2.44. The molecule has 0 aliphatic carbocycles. The Morgan fingerprint density at radius 1 is 0.418 bits per heavy atom. The first-order valence-corrected chi connectivity index (χ1v) is 20.9. The third kappa shape index (κ3) is 20.3. The molecule has 2 heterocycles. The van der Waals surface area contributed by atoms with Crippen molar-refractivity contribution in [1.82, 2.24) is 0 Å². The van der Waals surface area contributed by atoms with Crippen LogP contribution in [0.25, 0.3) is 0 Å². The lowest BCUT2D eigenvalue weighted by atomic mass is 9.98. The van der Waals surface area contributed by atoms with E-state index < -0.39 is 122 Å². The van der Waals surface area contributed by atoms with Crippen LogP contribution in [0.4, 0.5) is 5.69 Å². The summed E-state index contributed by atoms with van der Waals surface area (Å²) in [5.74, 6) is -5.20. The number of carbonyl (C=O) groups is 8. The summed E-state index contributed by atoms with van der Waals surface area (Å²) < 4.78 is 88.5. The maximum absolute atomic E-state index is 12.0. The molecule has 2 aliphatic rings.